The predicted molar refractivity (Wildman–Crippen MR) is 80.8 cm³/mol. The molecule has 0 unspecified atom stereocenters. The Morgan fingerprint density at radius 2 is 1.83 bits per heavy atom. The first-order valence-electron chi connectivity index (χ1n) is 6.53. The third-order valence-electron chi connectivity index (χ3n) is 2.55. The summed E-state index contributed by atoms with van der Waals surface area (Å²) in [4.78, 5) is 33.9. The molecule has 9 heteroatoms. The van der Waals surface area contributed by atoms with Gasteiger partial charge < -0.3 is 14.2 Å². The van der Waals surface area contributed by atoms with E-state index in [2.05, 4.69) is 10.1 Å². The standard InChI is InChI=1S/C14H18N2O7/c1-14(2,3)23-13(18)15-11-9(16(19)20)6-8(12(17)22-5)7-10(11)21-4/h6-7H,1-5H3,(H,15,18). The largest absolute Gasteiger partial charge is 0.494 e. The summed E-state index contributed by atoms with van der Waals surface area (Å²) >= 11 is 0. The van der Waals surface area contributed by atoms with Crippen molar-refractivity contribution in [1.82, 2.24) is 0 Å². The van der Waals surface area contributed by atoms with Crippen molar-refractivity contribution in [2.24, 2.45) is 0 Å². The molecule has 23 heavy (non-hydrogen) atoms. The number of rotatable bonds is 4. The summed E-state index contributed by atoms with van der Waals surface area (Å²) < 4.78 is 14.6. The minimum atomic E-state index is -0.885. The minimum absolute atomic E-state index is 0.0644. The number of carbonyl (C=O) groups is 2. The Kier molecular flexibility index (Phi) is 5.50. The molecule has 0 saturated carbocycles. The minimum Gasteiger partial charge on any atom is -0.494 e. The molecule has 0 radical (unpaired) electrons. The molecule has 126 valence electrons. The number of hydrogen-bond donors (Lipinski definition) is 1. The number of amides is 1. The van der Waals surface area contributed by atoms with Crippen molar-refractivity contribution in [3.05, 3.63) is 27.8 Å². The van der Waals surface area contributed by atoms with E-state index in [1.165, 1.54) is 13.2 Å². The number of methoxy groups -OCH3 is 2. The lowest BCUT2D eigenvalue weighted by Crippen LogP contribution is -2.27. The number of nitrogens with zero attached hydrogens (tertiary/aromatic N) is 1. The summed E-state index contributed by atoms with van der Waals surface area (Å²) in [5.74, 6) is -0.833. The van der Waals surface area contributed by atoms with Crippen LogP contribution in [0.15, 0.2) is 12.1 Å². The van der Waals surface area contributed by atoms with Gasteiger partial charge in [0, 0.05) is 6.07 Å². The monoisotopic (exact) mass is 326 g/mol. The van der Waals surface area contributed by atoms with Crippen LogP contribution in [0.5, 0.6) is 5.75 Å². The highest BCUT2D eigenvalue weighted by Gasteiger charge is 2.26. The zero-order valence-corrected chi connectivity index (χ0v) is 13.5. The maximum atomic E-state index is 11.8. The molecule has 1 amide bonds. The van der Waals surface area contributed by atoms with Gasteiger partial charge in [-0.15, -0.1) is 0 Å². The quantitative estimate of drug-likeness (QED) is 0.513. The molecule has 1 aromatic rings. The van der Waals surface area contributed by atoms with Crippen molar-refractivity contribution >= 4 is 23.4 Å². The van der Waals surface area contributed by atoms with Crippen molar-refractivity contribution < 1.29 is 28.7 Å². The molecule has 0 heterocycles. The van der Waals surface area contributed by atoms with Gasteiger partial charge in [0.2, 0.25) is 0 Å². The Bertz CT molecular complexity index is 635. The van der Waals surface area contributed by atoms with Crippen molar-refractivity contribution in [3.8, 4) is 5.75 Å². The summed E-state index contributed by atoms with van der Waals surface area (Å²) in [6.07, 6.45) is -0.885. The van der Waals surface area contributed by atoms with E-state index in [1.54, 1.807) is 20.8 Å². The second-order valence-corrected chi connectivity index (χ2v) is 5.45. The molecular weight excluding hydrogens is 308 g/mol. The van der Waals surface area contributed by atoms with Gasteiger partial charge in [-0.2, -0.15) is 0 Å². The van der Waals surface area contributed by atoms with Crippen molar-refractivity contribution in [2.75, 3.05) is 19.5 Å². The summed E-state index contributed by atoms with van der Waals surface area (Å²) in [5.41, 5.74) is -1.58. The predicted octanol–water partition coefficient (Wildman–Crippen LogP) is 2.74. The zero-order valence-electron chi connectivity index (χ0n) is 13.5. The maximum Gasteiger partial charge on any atom is 0.412 e. The van der Waals surface area contributed by atoms with E-state index >= 15 is 0 Å². The number of benzene rings is 1. The van der Waals surface area contributed by atoms with Crippen LogP contribution in [-0.2, 0) is 9.47 Å². The van der Waals surface area contributed by atoms with Gasteiger partial charge in [0.15, 0.2) is 5.69 Å². The Balaban J connectivity index is 3.31. The normalized spacial score (nSPS) is 10.7. The van der Waals surface area contributed by atoms with Crippen LogP contribution in [-0.4, -0.2) is 36.8 Å². The summed E-state index contributed by atoms with van der Waals surface area (Å²) in [5, 5.41) is 13.5. The average Bonchev–Trinajstić information content (AvgIpc) is 2.44. The fourth-order valence-corrected chi connectivity index (χ4v) is 1.67. The highest BCUT2D eigenvalue weighted by molar-refractivity contribution is 5.96. The van der Waals surface area contributed by atoms with Gasteiger partial charge in [0.05, 0.1) is 24.7 Å². The van der Waals surface area contributed by atoms with E-state index in [1.807, 2.05) is 0 Å². The number of nitrogens with one attached hydrogen (secondary N) is 1. The van der Waals surface area contributed by atoms with E-state index in [9.17, 15) is 19.7 Å². The molecule has 0 saturated heterocycles. The van der Waals surface area contributed by atoms with Crippen LogP contribution in [0.25, 0.3) is 0 Å². The Morgan fingerprint density at radius 3 is 2.26 bits per heavy atom. The summed E-state index contributed by atoms with van der Waals surface area (Å²) in [7, 11) is 2.40. The number of nitro benzene ring substituents is 1. The lowest BCUT2D eigenvalue weighted by atomic mass is 10.1. The smallest absolute Gasteiger partial charge is 0.412 e. The molecule has 1 rings (SSSR count). The third kappa shape index (κ3) is 4.83. The van der Waals surface area contributed by atoms with Crippen LogP contribution in [0, 0.1) is 10.1 Å². The lowest BCUT2D eigenvalue weighted by molar-refractivity contribution is -0.384. The van der Waals surface area contributed by atoms with E-state index in [0.29, 0.717) is 0 Å². The Hall–Kier alpha value is -2.84. The molecular formula is C14H18N2O7. The van der Waals surface area contributed by atoms with E-state index in [-0.39, 0.29) is 17.0 Å². The Labute approximate surface area is 132 Å². The third-order valence-corrected chi connectivity index (χ3v) is 2.55. The number of esters is 1. The second-order valence-electron chi connectivity index (χ2n) is 5.45. The molecule has 0 aliphatic rings. The Morgan fingerprint density at radius 1 is 1.22 bits per heavy atom. The van der Waals surface area contributed by atoms with Crippen LogP contribution in [0.4, 0.5) is 16.2 Å². The van der Waals surface area contributed by atoms with Crippen LogP contribution < -0.4 is 10.1 Å². The molecule has 1 N–H and O–H groups in total. The number of carbonyl (C=O) groups excluding carboxylic acids is 2. The molecule has 9 nitrogen and oxygen atoms in total. The van der Waals surface area contributed by atoms with Gasteiger partial charge in [0.1, 0.15) is 11.4 Å². The molecule has 0 spiro atoms. The first kappa shape index (κ1) is 18.2. The van der Waals surface area contributed by atoms with Crippen LogP contribution >= 0.6 is 0 Å². The van der Waals surface area contributed by atoms with Crippen LogP contribution in [0.3, 0.4) is 0 Å². The van der Waals surface area contributed by atoms with E-state index < -0.39 is 28.3 Å². The summed E-state index contributed by atoms with van der Waals surface area (Å²) in [6, 6.07) is 2.21. The number of anilines is 1. The molecule has 0 bridgehead atoms. The van der Waals surface area contributed by atoms with Gasteiger partial charge in [-0.3, -0.25) is 15.4 Å². The number of hydrogen-bond acceptors (Lipinski definition) is 7. The van der Waals surface area contributed by atoms with Crippen molar-refractivity contribution in [2.45, 2.75) is 26.4 Å². The maximum absolute atomic E-state index is 11.8. The van der Waals surface area contributed by atoms with E-state index in [0.717, 1.165) is 13.2 Å². The lowest BCUT2D eigenvalue weighted by Gasteiger charge is -2.20. The molecule has 0 atom stereocenters. The fraction of sp³-hybridized carbons (Fsp3) is 0.429. The fourth-order valence-electron chi connectivity index (χ4n) is 1.67. The molecule has 0 aliphatic carbocycles. The van der Waals surface area contributed by atoms with Gasteiger partial charge >= 0.3 is 12.1 Å². The first-order chi connectivity index (χ1) is 10.6. The van der Waals surface area contributed by atoms with Crippen molar-refractivity contribution in [3.63, 3.8) is 0 Å². The molecule has 1 aromatic carbocycles. The molecule has 0 fully saturated rings. The number of nitro groups is 1. The topological polar surface area (TPSA) is 117 Å². The first-order valence-corrected chi connectivity index (χ1v) is 6.53. The van der Waals surface area contributed by atoms with Crippen molar-refractivity contribution in [1.29, 1.82) is 0 Å². The van der Waals surface area contributed by atoms with Gasteiger partial charge in [-0.25, -0.2) is 9.59 Å². The number of ether oxygens (including phenoxy) is 3. The average molecular weight is 326 g/mol. The SMILES string of the molecule is COC(=O)c1cc(OC)c(NC(=O)OC(C)(C)C)c([N+](=O)[O-])c1. The second kappa shape index (κ2) is 6.95. The van der Waals surface area contributed by atoms with Gasteiger partial charge in [0.25, 0.3) is 5.69 Å². The van der Waals surface area contributed by atoms with Crippen LogP contribution in [0.2, 0.25) is 0 Å². The van der Waals surface area contributed by atoms with Gasteiger partial charge in [-0.1, -0.05) is 0 Å². The van der Waals surface area contributed by atoms with Gasteiger partial charge in [-0.05, 0) is 26.8 Å². The molecule has 0 aliphatic heterocycles. The zero-order chi connectivity index (χ0) is 17.8. The van der Waals surface area contributed by atoms with Crippen LogP contribution in [0.1, 0.15) is 31.1 Å². The molecule has 0 aromatic heterocycles. The highest BCUT2D eigenvalue weighted by Crippen LogP contribution is 2.36. The highest BCUT2D eigenvalue weighted by atomic mass is 16.6. The van der Waals surface area contributed by atoms with E-state index in [4.69, 9.17) is 9.47 Å². The summed E-state index contributed by atoms with van der Waals surface area (Å²) in [6.45, 7) is 4.95.